The highest BCUT2D eigenvalue weighted by atomic mass is 16.5. The van der Waals surface area contributed by atoms with Gasteiger partial charge in [-0.15, -0.1) is 0 Å². The van der Waals surface area contributed by atoms with Crippen LogP contribution in [0.4, 0.5) is 0 Å². The minimum Gasteiger partial charge on any atom is -0.497 e. The summed E-state index contributed by atoms with van der Waals surface area (Å²) in [4.78, 5) is 7.09. The molecule has 4 rings (SSSR count). The number of nitrogens with zero attached hydrogens (tertiary/aromatic N) is 2. The summed E-state index contributed by atoms with van der Waals surface area (Å²) in [5, 5.41) is 12.0. The summed E-state index contributed by atoms with van der Waals surface area (Å²) in [5.74, 6) is 2.19. The molecule has 3 atom stereocenters. The number of rotatable bonds is 9. The second-order valence-corrected chi connectivity index (χ2v) is 9.13. The van der Waals surface area contributed by atoms with Crippen molar-refractivity contribution in [3.05, 3.63) is 71.9 Å². The number of ether oxygens (including phenoxy) is 1. The Balaban J connectivity index is 1.34. The zero-order valence-electron chi connectivity index (χ0n) is 19.4. The highest BCUT2D eigenvalue weighted by Crippen LogP contribution is 2.34. The Labute approximate surface area is 192 Å². The minimum absolute atomic E-state index is 0.471. The lowest BCUT2D eigenvalue weighted by Gasteiger charge is -2.39. The number of pyridine rings is 1. The molecule has 0 unspecified atom stereocenters. The minimum atomic E-state index is -0.471. The number of methoxy groups -OCH3 is 1. The quantitative estimate of drug-likeness (QED) is 0.475. The molecular formula is C28H36N2O2. The molecule has 1 aliphatic rings. The van der Waals surface area contributed by atoms with Crippen LogP contribution in [0.15, 0.2) is 60.8 Å². The number of hydrogen-bond acceptors (Lipinski definition) is 4. The predicted molar refractivity (Wildman–Crippen MR) is 131 cm³/mol. The van der Waals surface area contributed by atoms with E-state index in [1.165, 1.54) is 31.5 Å². The molecule has 3 aromatic rings. The Kier molecular flexibility index (Phi) is 7.77. The van der Waals surface area contributed by atoms with E-state index in [2.05, 4.69) is 47.1 Å². The van der Waals surface area contributed by atoms with Crippen molar-refractivity contribution in [3.8, 4) is 5.75 Å². The van der Waals surface area contributed by atoms with E-state index in [1.54, 1.807) is 13.3 Å². The van der Waals surface area contributed by atoms with Gasteiger partial charge in [-0.25, -0.2) is 0 Å². The monoisotopic (exact) mass is 432 g/mol. The van der Waals surface area contributed by atoms with Crippen LogP contribution in [0, 0.1) is 11.8 Å². The first kappa shape index (κ1) is 22.8. The molecule has 0 bridgehead atoms. The van der Waals surface area contributed by atoms with Crippen molar-refractivity contribution in [2.75, 3.05) is 26.7 Å². The lowest BCUT2D eigenvalue weighted by atomic mass is 9.79. The maximum Gasteiger partial charge on any atom is 0.119 e. The molecule has 170 valence electrons. The smallest absolute Gasteiger partial charge is 0.119 e. The summed E-state index contributed by atoms with van der Waals surface area (Å²) in [6.45, 7) is 5.80. The van der Waals surface area contributed by atoms with Gasteiger partial charge in [0.05, 0.1) is 18.7 Å². The number of aliphatic hydroxyl groups is 1. The fourth-order valence-electron chi connectivity index (χ4n) is 5.23. The summed E-state index contributed by atoms with van der Waals surface area (Å²) in [6.07, 6.45) is 6.75. The number of likely N-dealkylation sites (tertiary alicyclic amines) is 1. The van der Waals surface area contributed by atoms with Crippen LogP contribution in [-0.2, 0) is 6.42 Å². The summed E-state index contributed by atoms with van der Waals surface area (Å²) >= 11 is 0. The first-order valence-corrected chi connectivity index (χ1v) is 12.0. The van der Waals surface area contributed by atoms with Crippen LogP contribution in [0.25, 0.3) is 10.9 Å². The van der Waals surface area contributed by atoms with Gasteiger partial charge < -0.3 is 14.7 Å². The molecule has 1 N–H and O–H groups in total. The second-order valence-electron chi connectivity index (χ2n) is 9.13. The second kappa shape index (κ2) is 10.9. The Morgan fingerprint density at radius 3 is 2.75 bits per heavy atom. The molecular weight excluding hydrogens is 396 g/mol. The van der Waals surface area contributed by atoms with Gasteiger partial charge in [-0.05, 0) is 79.5 Å². The van der Waals surface area contributed by atoms with Gasteiger partial charge in [-0.1, -0.05) is 43.7 Å². The molecule has 0 aliphatic carbocycles. The van der Waals surface area contributed by atoms with E-state index in [-0.39, 0.29) is 0 Å². The van der Waals surface area contributed by atoms with Crippen LogP contribution in [0.2, 0.25) is 0 Å². The van der Waals surface area contributed by atoms with Crippen LogP contribution in [0.1, 0.15) is 49.8 Å². The van der Waals surface area contributed by atoms with Crippen molar-refractivity contribution in [2.24, 2.45) is 11.8 Å². The van der Waals surface area contributed by atoms with E-state index in [1.807, 2.05) is 24.3 Å². The zero-order chi connectivity index (χ0) is 22.3. The molecule has 1 aromatic heterocycles. The van der Waals surface area contributed by atoms with Crippen LogP contribution in [-0.4, -0.2) is 41.7 Å². The molecule has 1 aliphatic heterocycles. The zero-order valence-corrected chi connectivity index (χ0v) is 19.4. The molecule has 1 saturated heterocycles. The van der Waals surface area contributed by atoms with Gasteiger partial charge in [0.1, 0.15) is 5.75 Å². The molecule has 0 amide bonds. The third-order valence-electron chi connectivity index (χ3n) is 7.21. The molecule has 32 heavy (non-hydrogen) atoms. The Morgan fingerprint density at radius 2 is 1.97 bits per heavy atom. The van der Waals surface area contributed by atoms with Crippen molar-refractivity contribution in [3.63, 3.8) is 0 Å². The van der Waals surface area contributed by atoms with Crippen molar-refractivity contribution < 1.29 is 9.84 Å². The molecule has 4 heteroatoms. The number of aliphatic hydroxyl groups excluding tert-OH is 1. The van der Waals surface area contributed by atoms with Crippen LogP contribution in [0.3, 0.4) is 0 Å². The van der Waals surface area contributed by atoms with E-state index in [0.717, 1.165) is 48.0 Å². The Bertz CT molecular complexity index is 991. The van der Waals surface area contributed by atoms with E-state index in [9.17, 15) is 5.11 Å². The maximum atomic E-state index is 11.1. The third-order valence-corrected chi connectivity index (χ3v) is 7.21. The van der Waals surface area contributed by atoms with Gasteiger partial charge >= 0.3 is 0 Å². The maximum absolute atomic E-state index is 11.1. The van der Waals surface area contributed by atoms with Crippen LogP contribution < -0.4 is 4.74 Å². The lowest BCUT2D eigenvalue weighted by molar-refractivity contribution is 0.0921. The van der Waals surface area contributed by atoms with E-state index >= 15 is 0 Å². The first-order chi connectivity index (χ1) is 15.7. The number of benzene rings is 2. The molecule has 0 radical (unpaired) electrons. The first-order valence-electron chi connectivity index (χ1n) is 12.0. The fourth-order valence-corrected chi connectivity index (χ4v) is 5.23. The highest BCUT2D eigenvalue weighted by molar-refractivity contribution is 5.83. The van der Waals surface area contributed by atoms with E-state index in [4.69, 9.17) is 4.74 Å². The molecule has 2 aromatic carbocycles. The van der Waals surface area contributed by atoms with Crippen molar-refractivity contribution >= 4 is 10.9 Å². The largest absolute Gasteiger partial charge is 0.497 e. The molecule has 0 saturated carbocycles. The van der Waals surface area contributed by atoms with Gasteiger partial charge in [-0.2, -0.15) is 0 Å². The number of fused-ring (bicyclic) bond motifs is 1. The normalized spacial score (nSPS) is 20.3. The van der Waals surface area contributed by atoms with Gasteiger partial charge in [-0.3, -0.25) is 4.98 Å². The average Bonchev–Trinajstić information content (AvgIpc) is 2.86. The SMILES string of the molecule is CC[C@H]1CN(CCc2ccccc2)CC[C@H]1CC[C@@H](O)c1ccnc2ccc(OC)cc12. The van der Waals surface area contributed by atoms with Gasteiger partial charge in [0, 0.05) is 24.7 Å². The summed E-state index contributed by atoms with van der Waals surface area (Å²) in [5.41, 5.74) is 3.29. The fraction of sp³-hybridized carbons (Fsp3) is 0.464. The molecule has 2 heterocycles. The van der Waals surface area contributed by atoms with Gasteiger partial charge in [0.2, 0.25) is 0 Å². The Hall–Kier alpha value is -2.43. The number of aromatic nitrogens is 1. The highest BCUT2D eigenvalue weighted by Gasteiger charge is 2.28. The molecule has 1 fully saturated rings. The average molecular weight is 433 g/mol. The van der Waals surface area contributed by atoms with E-state index in [0.29, 0.717) is 11.8 Å². The van der Waals surface area contributed by atoms with Crippen molar-refractivity contribution in [1.82, 2.24) is 9.88 Å². The van der Waals surface area contributed by atoms with E-state index < -0.39 is 6.10 Å². The topological polar surface area (TPSA) is 45.6 Å². The standard InChI is InChI=1S/C28H36N2O2/c1-3-22-20-30(17-14-21-7-5-4-6-8-21)18-15-23(22)9-12-28(31)25-13-16-29-27-11-10-24(32-2)19-26(25)27/h4-8,10-11,13,16,19,22-23,28,31H,3,9,12,14-15,17-18,20H2,1-2H3/t22-,23+,28+/m0/s1. The van der Waals surface area contributed by atoms with Gasteiger partial charge in [0.25, 0.3) is 0 Å². The number of hydrogen-bond donors (Lipinski definition) is 1. The third kappa shape index (κ3) is 5.48. The predicted octanol–water partition coefficient (Wildman–Crippen LogP) is 5.65. The molecule has 0 spiro atoms. The summed E-state index contributed by atoms with van der Waals surface area (Å²) in [6, 6.07) is 18.6. The molecule has 4 nitrogen and oxygen atoms in total. The van der Waals surface area contributed by atoms with Crippen LogP contribution >= 0.6 is 0 Å². The number of piperidine rings is 1. The summed E-state index contributed by atoms with van der Waals surface area (Å²) in [7, 11) is 1.67. The Morgan fingerprint density at radius 1 is 1.12 bits per heavy atom. The van der Waals surface area contributed by atoms with Gasteiger partial charge in [0.15, 0.2) is 0 Å². The summed E-state index contributed by atoms with van der Waals surface area (Å²) < 4.78 is 5.38. The van der Waals surface area contributed by atoms with Crippen molar-refractivity contribution in [2.45, 2.75) is 45.1 Å². The van der Waals surface area contributed by atoms with Crippen molar-refractivity contribution in [1.29, 1.82) is 0 Å². The van der Waals surface area contributed by atoms with Crippen LogP contribution in [0.5, 0.6) is 5.75 Å². The lowest BCUT2D eigenvalue weighted by Crippen LogP contribution is -2.41.